The Morgan fingerprint density at radius 2 is 2.14 bits per heavy atom. The van der Waals surface area contributed by atoms with E-state index in [9.17, 15) is 10.1 Å². The van der Waals surface area contributed by atoms with Crippen LogP contribution in [0.5, 0.6) is 0 Å². The van der Waals surface area contributed by atoms with Gasteiger partial charge in [-0.05, 0) is 63.5 Å². The molecule has 1 heterocycles. The van der Waals surface area contributed by atoms with Crippen molar-refractivity contribution in [2.24, 2.45) is 5.92 Å². The van der Waals surface area contributed by atoms with Crippen molar-refractivity contribution in [1.82, 2.24) is 10.2 Å². The third-order valence-electron chi connectivity index (χ3n) is 4.12. The van der Waals surface area contributed by atoms with Gasteiger partial charge in [0, 0.05) is 12.6 Å². The van der Waals surface area contributed by atoms with Crippen LogP contribution in [0, 0.1) is 16.0 Å². The Bertz CT molecular complexity index is 488. The van der Waals surface area contributed by atoms with Gasteiger partial charge in [-0.3, -0.25) is 15.0 Å². The van der Waals surface area contributed by atoms with Crippen molar-refractivity contribution in [3.8, 4) is 0 Å². The highest BCUT2D eigenvalue weighted by Crippen LogP contribution is 2.27. The fourth-order valence-electron chi connectivity index (χ4n) is 2.84. The van der Waals surface area contributed by atoms with Crippen molar-refractivity contribution in [3.63, 3.8) is 0 Å². The molecule has 1 fully saturated rings. The number of hydrogen-bond donors (Lipinski definition) is 1. The lowest BCUT2D eigenvalue weighted by Crippen LogP contribution is -2.34. The first-order valence-electron chi connectivity index (χ1n) is 7.40. The minimum Gasteiger partial charge on any atom is -0.320 e. The van der Waals surface area contributed by atoms with Crippen molar-refractivity contribution in [1.29, 1.82) is 0 Å². The summed E-state index contributed by atoms with van der Waals surface area (Å²) in [4.78, 5) is 12.7. The molecule has 0 saturated carbocycles. The Labute approximate surface area is 130 Å². The molecule has 0 amide bonds. The summed E-state index contributed by atoms with van der Waals surface area (Å²) < 4.78 is 0. The SMILES string of the molecule is CNCCC1CCN(Cc2ccc([N+](=O)[O-])c(Cl)c2)CC1. The molecule has 116 valence electrons. The maximum atomic E-state index is 10.8. The second-order valence-electron chi connectivity index (χ2n) is 5.65. The summed E-state index contributed by atoms with van der Waals surface area (Å²) in [6.45, 7) is 4.07. The standard InChI is InChI=1S/C15H22ClN3O2/c1-17-7-4-12-5-8-18(9-6-12)11-13-2-3-15(19(20)21)14(16)10-13/h2-3,10,12,17H,4-9,11H2,1H3. The lowest BCUT2D eigenvalue weighted by Gasteiger charge is -2.32. The molecule has 1 aliphatic heterocycles. The van der Waals surface area contributed by atoms with Crippen LogP contribution in [0.15, 0.2) is 18.2 Å². The average Bonchev–Trinajstić information content (AvgIpc) is 2.46. The van der Waals surface area contributed by atoms with E-state index in [-0.39, 0.29) is 10.7 Å². The summed E-state index contributed by atoms with van der Waals surface area (Å²) in [6.07, 6.45) is 3.69. The first kappa shape index (κ1) is 16.2. The van der Waals surface area contributed by atoms with Gasteiger partial charge in [-0.15, -0.1) is 0 Å². The monoisotopic (exact) mass is 311 g/mol. The summed E-state index contributed by atoms with van der Waals surface area (Å²) in [5.74, 6) is 0.814. The van der Waals surface area contributed by atoms with Gasteiger partial charge >= 0.3 is 0 Å². The highest BCUT2D eigenvalue weighted by molar-refractivity contribution is 6.32. The van der Waals surface area contributed by atoms with E-state index in [1.165, 1.54) is 25.3 Å². The van der Waals surface area contributed by atoms with Crippen molar-refractivity contribution in [2.75, 3.05) is 26.7 Å². The number of nitro benzene ring substituents is 1. The van der Waals surface area contributed by atoms with Crippen LogP contribution in [-0.2, 0) is 6.54 Å². The molecule has 0 bridgehead atoms. The molecule has 1 N–H and O–H groups in total. The fourth-order valence-corrected chi connectivity index (χ4v) is 3.11. The number of likely N-dealkylation sites (tertiary alicyclic amines) is 1. The van der Waals surface area contributed by atoms with Gasteiger partial charge in [0.1, 0.15) is 5.02 Å². The molecule has 6 heteroatoms. The van der Waals surface area contributed by atoms with Gasteiger partial charge in [-0.2, -0.15) is 0 Å². The molecule has 1 aromatic rings. The number of halogens is 1. The summed E-state index contributed by atoms with van der Waals surface area (Å²) in [5, 5.41) is 14.2. The van der Waals surface area contributed by atoms with Crippen LogP contribution in [0.25, 0.3) is 0 Å². The molecule has 0 radical (unpaired) electrons. The zero-order valence-corrected chi connectivity index (χ0v) is 13.1. The third-order valence-corrected chi connectivity index (χ3v) is 4.43. The molecular weight excluding hydrogens is 290 g/mol. The zero-order chi connectivity index (χ0) is 15.2. The van der Waals surface area contributed by atoms with Crippen LogP contribution in [0.2, 0.25) is 5.02 Å². The molecule has 2 rings (SSSR count). The normalized spacial score (nSPS) is 17.0. The van der Waals surface area contributed by atoms with Crippen LogP contribution in [-0.4, -0.2) is 36.5 Å². The van der Waals surface area contributed by atoms with E-state index < -0.39 is 4.92 Å². The van der Waals surface area contributed by atoms with Crippen molar-refractivity contribution in [2.45, 2.75) is 25.8 Å². The number of hydrogen-bond acceptors (Lipinski definition) is 4. The molecule has 0 aromatic heterocycles. The molecule has 0 atom stereocenters. The van der Waals surface area contributed by atoms with E-state index >= 15 is 0 Å². The Morgan fingerprint density at radius 3 is 2.71 bits per heavy atom. The fraction of sp³-hybridized carbons (Fsp3) is 0.600. The Balaban J connectivity index is 1.86. The smallest absolute Gasteiger partial charge is 0.287 e. The number of rotatable bonds is 6. The molecule has 1 aliphatic rings. The Kier molecular flexibility index (Phi) is 5.96. The lowest BCUT2D eigenvalue weighted by molar-refractivity contribution is -0.384. The number of nitro groups is 1. The Hall–Kier alpha value is -1.17. The van der Waals surface area contributed by atoms with Gasteiger partial charge in [0.2, 0.25) is 0 Å². The van der Waals surface area contributed by atoms with Crippen molar-refractivity contribution >= 4 is 17.3 Å². The lowest BCUT2D eigenvalue weighted by atomic mass is 9.93. The summed E-state index contributed by atoms with van der Waals surface area (Å²) in [7, 11) is 1.99. The molecule has 5 nitrogen and oxygen atoms in total. The maximum absolute atomic E-state index is 10.8. The first-order chi connectivity index (χ1) is 10.1. The largest absolute Gasteiger partial charge is 0.320 e. The van der Waals surface area contributed by atoms with Crippen LogP contribution in [0.1, 0.15) is 24.8 Å². The predicted molar refractivity (Wildman–Crippen MR) is 84.7 cm³/mol. The highest BCUT2D eigenvalue weighted by atomic mass is 35.5. The molecular formula is C15H22ClN3O2. The molecule has 1 aromatic carbocycles. The summed E-state index contributed by atoms with van der Waals surface area (Å²) >= 11 is 5.96. The average molecular weight is 312 g/mol. The molecule has 0 spiro atoms. The minimum atomic E-state index is -0.445. The summed E-state index contributed by atoms with van der Waals surface area (Å²) in [5.41, 5.74) is 1.02. The zero-order valence-electron chi connectivity index (χ0n) is 12.3. The van der Waals surface area contributed by atoms with E-state index in [1.807, 2.05) is 7.05 Å². The van der Waals surface area contributed by atoms with Gasteiger partial charge in [-0.1, -0.05) is 17.7 Å². The van der Waals surface area contributed by atoms with Crippen LogP contribution < -0.4 is 5.32 Å². The van der Waals surface area contributed by atoms with Gasteiger partial charge < -0.3 is 5.32 Å². The van der Waals surface area contributed by atoms with E-state index in [2.05, 4.69) is 10.2 Å². The van der Waals surface area contributed by atoms with E-state index in [4.69, 9.17) is 11.6 Å². The van der Waals surface area contributed by atoms with Crippen molar-refractivity contribution in [3.05, 3.63) is 38.9 Å². The highest BCUT2D eigenvalue weighted by Gasteiger charge is 2.19. The first-order valence-corrected chi connectivity index (χ1v) is 7.77. The van der Waals surface area contributed by atoms with Crippen LogP contribution >= 0.6 is 11.6 Å². The number of nitrogens with one attached hydrogen (secondary N) is 1. The van der Waals surface area contributed by atoms with Gasteiger partial charge in [0.25, 0.3) is 5.69 Å². The topological polar surface area (TPSA) is 58.4 Å². The molecule has 1 saturated heterocycles. The molecule has 0 unspecified atom stereocenters. The summed E-state index contributed by atoms with van der Waals surface area (Å²) in [6, 6.07) is 5.02. The predicted octanol–water partition coefficient (Wildman–Crippen LogP) is 3.07. The maximum Gasteiger partial charge on any atom is 0.287 e. The molecule has 0 aliphatic carbocycles. The van der Waals surface area contributed by atoms with Crippen LogP contribution in [0.4, 0.5) is 5.69 Å². The number of benzene rings is 1. The van der Waals surface area contributed by atoms with Gasteiger partial charge in [0.15, 0.2) is 0 Å². The van der Waals surface area contributed by atoms with E-state index in [0.29, 0.717) is 0 Å². The quantitative estimate of drug-likeness (QED) is 0.648. The number of piperidine rings is 1. The third kappa shape index (κ3) is 4.66. The molecule has 21 heavy (non-hydrogen) atoms. The second kappa shape index (κ2) is 7.73. The van der Waals surface area contributed by atoms with Gasteiger partial charge in [0.05, 0.1) is 4.92 Å². The minimum absolute atomic E-state index is 0.0220. The van der Waals surface area contributed by atoms with E-state index in [1.54, 1.807) is 12.1 Å². The Morgan fingerprint density at radius 1 is 1.43 bits per heavy atom. The van der Waals surface area contributed by atoms with E-state index in [0.717, 1.165) is 37.7 Å². The second-order valence-corrected chi connectivity index (χ2v) is 6.06. The van der Waals surface area contributed by atoms with Gasteiger partial charge in [-0.25, -0.2) is 0 Å². The van der Waals surface area contributed by atoms with Crippen LogP contribution in [0.3, 0.4) is 0 Å². The number of nitrogens with zero attached hydrogens (tertiary/aromatic N) is 2. The van der Waals surface area contributed by atoms with Crippen molar-refractivity contribution < 1.29 is 4.92 Å².